The molecule has 0 spiro atoms. The highest BCUT2D eigenvalue weighted by atomic mass is 28.2. The minimum atomic E-state index is -0.794. The van der Waals surface area contributed by atoms with Crippen LogP contribution in [0.25, 0.3) is 0 Å². The minimum absolute atomic E-state index is 0.427. The number of carbonyl (C=O) groups is 2. The van der Waals surface area contributed by atoms with E-state index in [0.717, 1.165) is 24.6 Å². The third-order valence-electron chi connectivity index (χ3n) is 3.55. The summed E-state index contributed by atoms with van der Waals surface area (Å²) in [5.41, 5.74) is 0. The Labute approximate surface area is 137 Å². The van der Waals surface area contributed by atoms with Gasteiger partial charge in [-0.3, -0.25) is 0 Å². The molecule has 0 fully saturated rings. The molecule has 0 heterocycles. The van der Waals surface area contributed by atoms with Crippen LogP contribution in [0.3, 0.4) is 0 Å². The number of rotatable bonds is 14. The molecule has 128 valence electrons. The van der Waals surface area contributed by atoms with Gasteiger partial charge in [-0.1, -0.05) is 71.1 Å². The molecule has 0 atom stereocenters. The maximum absolute atomic E-state index is 11.3. The predicted molar refractivity (Wildman–Crippen MR) is 92.4 cm³/mol. The van der Waals surface area contributed by atoms with E-state index in [4.69, 9.17) is 4.43 Å². The summed E-state index contributed by atoms with van der Waals surface area (Å²) >= 11 is 0. The lowest BCUT2D eigenvalue weighted by Crippen LogP contribution is -2.06. The van der Waals surface area contributed by atoms with E-state index < -0.39 is 21.7 Å². The van der Waals surface area contributed by atoms with Gasteiger partial charge in [-0.15, -0.1) is 0 Å². The van der Waals surface area contributed by atoms with E-state index in [1.165, 1.54) is 64.9 Å². The van der Waals surface area contributed by atoms with Crippen LogP contribution in [0, 0.1) is 0 Å². The highest BCUT2D eigenvalue weighted by Crippen LogP contribution is 2.11. The largest absolute Gasteiger partial charge is 0.522 e. The molecule has 4 nitrogen and oxygen atoms in total. The molecule has 0 aromatic carbocycles. The maximum atomic E-state index is 11.3. The Morgan fingerprint density at radius 1 is 0.818 bits per heavy atom. The lowest BCUT2D eigenvalue weighted by atomic mass is 10.1. The van der Waals surface area contributed by atoms with Crippen molar-refractivity contribution >= 4 is 21.7 Å². The standard InChI is InChI=1S/C17H32O4Si/c1-3-4-5-6-7-8-9-10-11-12-15-22-21-17(19)14-13-16(18)20-2/h13-14H,3-12,15,22H2,1-2H3/b14-13+. The van der Waals surface area contributed by atoms with Crippen LogP contribution in [-0.2, 0) is 18.8 Å². The third kappa shape index (κ3) is 15.3. The van der Waals surface area contributed by atoms with Crippen LogP contribution in [0.5, 0.6) is 0 Å². The van der Waals surface area contributed by atoms with Gasteiger partial charge < -0.3 is 9.16 Å². The minimum Gasteiger partial charge on any atom is -0.522 e. The van der Waals surface area contributed by atoms with E-state index in [9.17, 15) is 9.59 Å². The smallest absolute Gasteiger partial charge is 0.330 e. The summed E-state index contributed by atoms with van der Waals surface area (Å²) in [4.78, 5) is 22.0. The van der Waals surface area contributed by atoms with Crippen LogP contribution in [0.1, 0.15) is 71.1 Å². The summed E-state index contributed by atoms with van der Waals surface area (Å²) in [6.45, 7) is 2.25. The molecule has 0 N–H and O–H groups in total. The van der Waals surface area contributed by atoms with E-state index in [1.807, 2.05) is 0 Å². The van der Waals surface area contributed by atoms with E-state index in [0.29, 0.717) is 0 Å². The zero-order valence-electron chi connectivity index (χ0n) is 14.3. The summed E-state index contributed by atoms with van der Waals surface area (Å²) in [6, 6.07) is 1.02. The maximum Gasteiger partial charge on any atom is 0.330 e. The number of ether oxygens (including phenoxy) is 1. The number of methoxy groups -OCH3 is 1. The number of hydrogen-bond donors (Lipinski definition) is 0. The third-order valence-corrected chi connectivity index (χ3v) is 4.83. The second-order valence-electron chi connectivity index (χ2n) is 5.56. The van der Waals surface area contributed by atoms with Crippen LogP contribution in [0.4, 0.5) is 0 Å². The topological polar surface area (TPSA) is 52.6 Å². The molecule has 0 rings (SSSR count). The van der Waals surface area contributed by atoms with Crippen molar-refractivity contribution in [2.75, 3.05) is 7.11 Å². The van der Waals surface area contributed by atoms with Crippen molar-refractivity contribution in [3.05, 3.63) is 12.2 Å². The van der Waals surface area contributed by atoms with Gasteiger partial charge in [0.25, 0.3) is 0 Å². The first-order valence-electron chi connectivity index (χ1n) is 8.63. The van der Waals surface area contributed by atoms with E-state index in [2.05, 4.69) is 11.7 Å². The number of esters is 1. The fraction of sp³-hybridized carbons (Fsp3) is 0.765. The normalized spacial score (nSPS) is 11.4. The summed E-state index contributed by atoms with van der Waals surface area (Å²) in [5, 5.41) is 0. The van der Waals surface area contributed by atoms with Gasteiger partial charge in [-0.05, 0) is 6.04 Å². The Balaban J connectivity index is 3.25. The molecular weight excluding hydrogens is 296 g/mol. The van der Waals surface area contributed by atoms with E-state index in [-0.39, 0.29) is 0 Å². The number of hydrogen-bond acceptors (Lipinski definition) is 4. The fourth-order valence-electron chi connectivity index (χ4n) is 2.19. The van der Waals surface area contributed by atoms with Crippen molar-refractivity contribution < 1.29 is 18.8 Å². The molecular formula is C17H32O4Si. The average molecular weight is 329 g/mol. The van der Waals surface area contributed by atoms with Crippen LogP contribution >= 0.6 is 0 Å². The molecule has 0 radical (unpaired) electrons. The summed E-state index contributed by atoms with van der Waals surface area (Å²) in [5.74, 6) is -0.961. The molecule has 0 aromatic heterocycles. The molecule has 0 bridgehead atoms. The number of carbonyl (C=O) groups excluding carboxylic acids is 2. The molecule has 5 heteroatoms. The van der Waals surface area contributed by atoms with Crippen molar-refractivity contribution in [3.8, 4) is 0 Å². The Morgan fingerprint density at radius 2 is 1.32 bits per heavy atom. The molecule has 0 aromatic rings. The van der Waals surface area contributed by atoms with Crippen LogP contribution < -0.4 is 0 Å². The van der Waals surface area contributed by atoms with Gasteiger partial charge in [0.1, 0.15) is 0 Å². The molecule has 0 aliphatic heterocycles. The van der Waals surface area contributed by atoms with Crippen molar-refractivity contribution in [2.24, 2.45) is 0 Å². The van der Waals surface area contributed by atoms with Gasteiger partial charge in [0, 0.05) is 12.2 Å². The lowest BCUT2D eigenvalue weighted by molar-refractivity contribution is -0.135. The van der Waals surface area contributed by atoms with Crippen molar-refractivity contribution in [2.45, 2.75) is 77.2 Å². The zero-order chi connectivity index (χ0) is 16.5. The first-order valence-corrected chi connectivity index (χ1v) is 10.2. The van der Waals surface area contributed by atoms with Gasteiger partial charge in [0.05, 0.1) is 7.11 Å². The highest BCUT2D eigenvalue weighted by molar-refractivity contribution is 6.31. The van der Waals surface area contributed by atoms with Gasteiger partial charge in [0.15, 0.2) is 0 Å². The zero-order valence-corrected chi connectivity index (χ0v) is 15.7. The van der Waals surface area contributed by atoms with Gasteiger partial charge in [0.2, 0.25) is 9.76 Å². The second kappa shape index (κ2) is 16.3. The van der Waals surface area contributed by atoms with Crippen molar-refractivity contribution in [1.29, 1.82) is 0 Å². The van der Waals surface area contributed by atoms with Gasteiger partial charge in [-0.25, -0.2) is 9.59 Å². The summed E-state index contributed by atoms with van der Waals surface area (Å²) in [7, 11) is 0.482. The second-order valence-corrected chi connectivity index (χ2v) is 6.96. The number of unbranched alkanes of at least 4 members (excludes halogenated alkanes) is 9. The van der Waals surface area contributed by atoms with Crippen LogP contribution in [-0.4, -0.2) is 28.8 Å². The predicted octanol–water partition coefficient (Wildman–Crippen LogP) is 3.68. The Hall–Kier alpha value is -1.10. The molecule has 0 aliphatic carbocycles. The molecule has 0 saturated heterocycles. The Bertz CT molecular complexity index is 316. The van der Waals surface area contributed by atoms with Crippen molar-refractivity contribution in [3.63, 3.8) is 0 Å². The summed E-state index contributed by atoms with van der Waals surface area (Å²) < 4.78 is 9.52. The highest BCUT2D eigenvalue weighted by Gasteiger charge is 1.99. The average Bonchev–Trinajstić information content (AvgIpc) is 2.53. The molecule has 0 saturated carbocycles. The van der Waals surface area contributed by atoms with Gasteiger partial charge >= 0.3 is 11.9 Å². The molecule has 0 amide bonds. The van der Waals surface area contributed by atoms with Crippen LogP contribution in [0.15, 0.2) is 12.2 Å². The SMILES string of the molecule is CCCCCCCCCCCC[SiH2]OC(=O)/C=C/C(=O)OC. The monoisotopic (exact) mass is 328 g/mol. The summed E-state index contributed by atoms with van der Waals surface area (Å²) in [6.07, 6.45) is 15.4. The molecule has 0 aliphatic rings. The Morgan fingerprint density at radius 3 is 1.86 bits per heavy atom. The lowest BCUT2D eigenvalue weighted by Gasteiger charge is -2.03. The van der Waals surface area contributed by atoms with E-state index >= 15 is 0 Å². The van der Waals surface area contributed by atoms with Crippen molar-refractivity contribution in [1.82, 2.24) is 0 Å². The fourth-order valence-corrected chi connectivity index (χ4v) is 3.19. The van der Waals surface area contributed by atoms with Gasteiger partial charge in [-0.2, -0.15) is 0 Å². The van der Waals surface area contributed by atoms with Crippen LogP contribution in [0.2, 0.25) is 6.04 Å². The molecule has 22 heavy (non-hydrogen) atoms. The van der Waals surface area contributed by atoms with E-state index in [1.54, 1.807) is 0 Å². The molecule has 0 unspecified atom stereocenters. The quantitative estimate of drug-likeness (QED) is 0.211. The first kappa shape index (κ1) is 20.9. The Kier molecular flexibility index (Phi) is 15.5. The first-order chi connectivity index (χ1) is 10.7.